The van der Waals surface area contributed by atoms with Crippen LogP contribution in [0.4, 0.5) is 30.4 Å². The van der Waals surface area contributed by atoms with Crippen molar-refractivity contribution < 1.29 is 17.9 Å². The number of benzene rings is 2. The van der Waals surface area contributed by atoms with Gasteiger partial charge in [-0.3, -0.25) is 0 Å². The number of fused-ring (bicyclic) bond motifs is 1. The number of morpholine rings is 1. The Morgan fingerprint density at radius 2 is 1.68 bits per heavy atom. The molecule has 2 aromatic carbocycles. The molecular weight excluding hydrogens is 369 g/mol. The van der Waals surface area contributed by atoms with Crippen molar-refractivity contribution in [2.24, 2.45) is 0 Å². The first kappa shape index (κ1) is 18.5. The Balaban J connectivity index is 1.77. The molecule has 1 aromatic heterocycles. The number of alkyl halides is 3. The summed E-state index contributed by atoms with van der Waals surface area (Å²) in [5, 5.41) is 3.09. The van der Waals surface area contributed by atoms with Crippen molar-refractivity contribution >= 4 is 28.2 Å². The number of halogens is 3. The molecule has 1 aliphatic rings. The van der Waals surface area contributed by atoms with Gasteiger partial charge in [-0.2, -0.15) is 13.2 Å². The highest BCUT2D eigenvalue weighted by molar-refractivity contribution is 5.80. The van der Waals surface area contributed by atoms with Crippen molar-refractivity contribution in [1.29, 1.82) is 0 Å². The number of rotatable bonds is 3. The second-order valence-corrected chi connectivity index (χ2v) is 6.60. The van der Waals surface area contributed by atoms with E-state index in [4.69, 9.17) is 4.74 Å². The molecule has 5 nitrogen and oxygen atoms in total. The van der Waals surface area contributed by atoms with E-state index in [1.807, 2.05) is 29.2 Å². The maximum Gasteiger partial charge on any atom is 0.416 e. The molecule has 2 heterocycles. The van der Waals surface area contributed by atoms with E-state index < -0.39 is 11.7 Å². The van der Waals surface area contributed by atoms with E-state index >= 15 is 0 Å². The third-order valence-electron chi connectivity index (χ3n) is 4.67. The number of anilines is 3. The molecule has 1 N–H and O–H groups in total. The maximum atomic E-state index is 13.3. The van der Waals surface area contributed by atoms with Gasteiger partial charge in [0.25, 0.3) is 0 Å². The van der Waals surface area contributed by atoms with E-state index in [2.05, 4.69) is 15.3 Å². The molecule has 146 valence electrons. The Hall–Kier alpha value is -2.87. The molecular formula is C20H19F3N4O. The normalized spacial score (nSPS) is 15.1. The summed E-state index contributed by atoms with van der Waals surface area (Å²) in [4.78, 5) is 11.1. The molecule has 0 aliphatic carbocycles. The van der Waals surface area contributed by atoms with Gasteiger partial charge >= 0.3 is 6.18 Å². The summed E-state index contributed by atoms with van der Waals surface area (Å²) in [6.07, 6.45) is -4.43. The second kappa shape index (κ2) is 7.27. The number of para-hydroxylation sites is 2. The average Bonchev–Trinajstić information content (AvgIpc) is 2.68. The first-order valence-corrected chi connectivity index (χ1v) is 8.96. The minimum atomic E-state index is -4.43. The predicted molar refractivity (Wildman–Crippen MR) is 102 cm³/mol. The summed E-state index contributed by atoms with van der Waals surface area (Å²) in [6, 6.07) is 11.1. The molecule has 1 fully saturated rings. The van der Waals surface area contributed by atoms with Gasteiger partial charge in [-0.05, 0) is 37.3 Å². The lowest BCUT2D eigenvalue weighted by Crippen LogP contribution is -2.36. The fraction of sp³-hybridized carbons (Fsp3) is 0.300. The molecule has 0 amide bonds. The van der Waals surface area contributed by atoms with Crippen LogP contribution >= 0.6 is 0 Å². The molecule has 0 radical (unpaired) electrons. The van der Waals surface area contributed by atoms with Gasteiger partial charge in [0.15, 0.2) is 5.82 Å². The molecule has 0 spiro atoms. The van der Waals surface area contributed by atoms with Crippen LogP contribution in [0.2, 0.25) is 0 Å². The highest BCUT2D eigenvalue weighted by atomic mass is 19.4. The van der Waals surface area contributed by atoms with Crippen LogP contribution in [0.5, 0.6) is 0 Å². The standard InChI is InChI=1S/C20H19F3N4O/c1-13-19(25-16-5-3-2-4-15(16)24-13)26-17-12-14(20(21,22)23)6-7-18(17)27-8-10-28-11-9-27/h2-7,12H,8-11H2,1H3,(H,25,26). The van der Waals surface area contributed by atoms with Crippen molar-refractivity contribution in [3.8, 4) is 0 Å². The van der Waals surface area contributed by atoms with E-state index in [0.717, 1.165) is 17.6 Å². The van der Waals surface area contributed by atoms with Crippen LogP contribution in [0.25, 0.3) is 11.0 Å². The second-order valence-electron chi connectivity index (χ2n) is 6.60. The Kier molecular flexibility index (Phi) is 4.80. The average molecular weight is 388 g/mol. The lowest BCUT2D eigenvalue weighted by atomic mass is 10.1. The predicted octanol–water partition coefficient (Wildman–Crippen LogP) is 4.54. The summed E-state index contributed by atoms with van der Waals surface area (Å²) >= 11 is 0. The van der Waals surface area contributed by atoms with Crippen LogP contribution in [0.3, 0.4) is 0 Å². The van der Waals surface area contributed by atoms with E-state index in [-0.39, 0.29) is 0 Å². The molecule has 8 heteroatoms. The van der Waals surface area contributed by atoms with Gasteiger partial charge < -0.3 is 15.0 Å². The van der Waals surface area contributed by atoms with Gasteiger partial charge in [0.2, 0.25) is 0 Å². The molecule has 1 saturated heterocycles. The van der Waals surface area contributed by atoms with Gasteiger partial charge in [-0.15, -0.1) is 0 Å². The van der Waals surface area contributed by atoms with Crippen LogP contribution in [0.15, 0.2) is 42.5 Å². The van der Waals surface area contributed by atoms with E-state index in [9.17, 15) is 13.2 Å². The monoisotopic (exact) mass is 388 g/mol. The Morgan fingerprint density at radius 1 is 1.00 bits per heavy atom. The van der Waals surface area contributed by atoms with Crippen molar-refractivity contribution in [3.05, 3.63) is 53.7 Å². The molecule has 0 unspecified atom stereocenters. The van der Waals surface area contributed by atoms with Crippen molar-refractivity contribution in [1.82, 2.24) is 9.97 Å². The summed E-state index contributed by atoms with van der Waals surface area (Å²) in [5.41, 5.74) is 2.36. The van der Waals surface area contributed by atoms with Crippen LogP contribution < -0.4 is 10.2 Å². The molecule has 28 heavy (non-hydrogen) atoms. The van der Waals surface area contributed by atoms with Gasteiger partial charge in [-0.1, -0.05) is 12.1 Å². The topological polar surface area (TPSA) is 50.3 Å². The molecule has 0 saturated carbocycles. The largest absolute Gasteiger partial charge is 0.416 e. The van der Waals surface area contributed by atoms with Gasteiger partial charge in [0.05, 0.1) is 46.9 Å². The van der Waals surface area contributed by atoms with E-state index in [1.54, 1.807) is 6.92 Å². The molecule has 0 bridgehead atoms. The highest BCUT2D eigenvalue weighted by Gasteiger charge is 2.31. The van der Waals surface area contributed by atoms with Gasteiger partial charge in [0, 0.05) is 13.1 Å². The van der Waals surface area contributed by atoms with E-state index in [0.29, 0.717) is 54.7 Å². The zero-order valence-electron chi connectivity index (χ0n) is 15.3. The van der Waals surface area contributed by atoms with Crippen LogP contribution in [0.1, 0.15) is 11.3 Å². The highest BCUT2D eigenvalue weighted by Crippen LogP contribution is 2.37. The zero-order chi connectivity index (χ0) is 19.7. The van der Waals surface area contributed by atoms with Crippen molar-refractivity contribution in [3.63, 3.8) is 0 Å². The van der Waals surface area contributed by atoms with Crippen LogP contribution in [-0.2, 0) is 10.9 Å². The molecule has 0 atom stereocenters. The minimum absolute atomic E-state index is 0.351. The number of nitrogens with zero attached hydrogens (tertiary/aromatic N) is 3. The van der Waals surface area contributed by atoms with Crippen molar-refractivity contribution in [2.45, 2.75) is 13.1 Å². The van der Waals surface area contributed by atoms with Crippen LogP contribution in [-0.4, -0.2) is 36.3 Å². The molecule has 4 rings (SSSR count). The SMILES string of the molecule is Cc1nc2ccccc2nc1Nc1cc(C(F)(F)F)ccc1N1CCOCC1. The summed E-state index contributed by atoms with van der Waals surface area (Å²) in [7, 11) is 0. The van der Waals surface area contributed by atoms with Gasteiger partial charge in [0.1, 0.15) is 0 Å². The Bertz CT molecular complexity index is 1000. The lowest BCUT2D eigenvalue weighted by Gasteiger charge is -2.31. The third-order valence-corrected chi connectivity index (χ3v) is 4.67. The number of hydrogen-bond acceptors (Lipinski definition) is 5. The first-order chi connectivity index (χ1) is 13.4. The number of nitrogens with one attached hydrogen (secondary N) is 1. The quantitative estimate of drug-likeness (QED) is 0.714. The number of aromatic nitrogens is 2. The van der Waals surface area contributed by atoms with E-state index in [1.165, 1.54) is 6.07 Å². The minimum Gasteiger partial charge on any atom is -0.378 e. The Morgan fingerprint density at radius 3 is 2.36 bits per heavy atom. The summed E-state index contributed by atoms with van der Waals surface area (Å²) in [6.45, 7) is 4.08. The number of hydrogen-bond donors (Lipinski definition) is 1. The van der Waals surface area contributed by atoms with Crippen LogP contribution in [0, 0.1) is 6.92 Å². The first-order valence-electron chi connectivity index (χ1n) is 8.96. The van der Waals surface area contributed by atoms with Crippen molar-refractivity contribution in [2.75, 3.05) is 36.5 Å². The van der Waals surface area contributed by atoms with Gasteiger partial charge in [-0.25, -0.2) is 9.97 Å². The lowest BCUT2D eigenvalue weighted by molar-refractivity contribution is -0.137. The third kappa shape index (κ3) is 3.73. The number of aryl methyl sites for hydroxylation is 1. The fourth-order valence-corrected chi connectivity index (χ4v) is 3.23. The summed E-state index contributed by atoms with van der Waals surface area (Å²) < 4.78 is 45.2. The number of ether oxygens (including phenoxy) is 1. The molecule has 1 aliphatic heterocycles. The Labute approximate surface area is 160 Å². The zero-order valence-corrected chi connectivity index (χ0v) is 15.3. The summed E-state index contributed by atoms with van der Waals surface area (Å²) in [5.74, 6) is 0.438. The smallest absolute Gasteiger partial charge is 0.378 e. The fourth-order valence-electron chi connectivity index (χ4n) is 3.23. The maximum absolute atomic E-state index is 13.3. The molecule has 3 aromatic rings.